The van der Waals surface area contributed by atoms with Gasteiger partial charge in [-0.3, -0.25) is 14.8 Å². The van der Waals surface area contributed by atoms with E-state index in [-0.39, 0.29) is 17.6 Å². The van der Waals surface area contributed by atoms with Crippen molar-refractivity contribution in [2.24, 2.45) is 0 Å². The molecular formula is C26H26F6N4O. The van der Waals surface area contributed by atoms with Crippen LogP contribution in [0.5, 0.6) is 0 Å². The average Bonchev–Trinajstić information content (AvgIpc) is 3.46. The Labute approximate surface area is 209 Å². The molecule has 37 heavy (non-hydrogen) atoms. The molecule has 1 aliphatic rings. The molecule has 1 saturated heterocycles. The number of hydrogen-bond acceptors (Lipinski definition) is 3. The molecule has 0 saturated carbocycles. The van der Waals surface area contributed by atoms with Gasteiger partial charge < -0.3 is 5.32 Å². The summed E-state index contributed by atoms with van der Waals surface area (Å²) in [6.07, 6.45) is -7.16. The van der Waals surface area contributed by atoms with Crippen molar-refractivity contribution in [3.63, 3.8) is 0 Å². The second-order valence-electron chi connectivity index (χ2n) is 10.1. The lowest BCUT2D eigenvalue weighted by atomic mass is 9.90. The van der Waals surface area contributed by atoms with Gasteiger partial charge in [-0.1, -0.05) is 18.2 Å². The van der Waals surface area contributed by atoms with Gasteiger partial charge in [0, 0.05) is 23.8 Å². The lowest BCUT2D eigenvalue weighted by molar-refractivity contribution is -0.138. The highest BCUT2D eigenvalue weighted by atomic mass is 19.4. The zero-order chi connectivity index (χ0) is 27.2. The van der Waals surface area contributed by atoms with Gasteiger partial charge >= 0.3 is 12.4 Å². The molecule has 0 unspecified atom stereocenters. The van der Waals surface area contributed by atoms with Crippen molar-refractivity contribution in [1.29, 1.82) is 0 Å². The summed E-state index contributed by atoms with van der Waals surface area (Å²) in [5, 5.41) is 10.2. The van der Waals surface area contributed by atoms with Crippen molar-refractivity contribution in [2.75, 3.05) is 5.32 Å². The molecule has 2 heterocycles. The third kappa shape index (κ3) is 5.98. The highest BCUT2D eigenvalue weighted by Gasteiger charge is 2.41. The first-order valence-corrected chi connectivity index (χ1v) is 11.6. The van der Waals surface area contributed by atoms with E-state index in [1.165, 1.54) is 18.2 Å². The van der Waals surface area contributed by atoms with Crippen LogP contribution in [0.2, 0.25) is 0 Å². The highest BCUT2D eigenvalue weighted by Crippen LogP contribution is 2.42. The second-order valence-corrected chi connectivity index (χ2v) is 10.1. The summed E-state index contributed by atoms with van der Waals surface area (Å²) in [4.78, 5) is 13.1. The van der Waals surface area contributed by atoms with Gasteiger partial charge in [0.05, 0.1) is 28.4 Å². The fraction of sp³-hybridized carbons (Fsp3) is 0.385. The molecule has 198 valence electrons. The molecule has 1 aliphatic heterocycles. The molecule has 11 heteroatoms. The number of aromatic nitrogens is 2. The maximum absolute atomic E-state index is 13.4. The number of anilines is 1. The minimum atomic E-state index is -4.57. The van der Waals surface area contributed by atoms with Crippen LogP contribution in [-0.2, 0) is 22.7 Å². The number of nitrogens with zero attached hydrogens (tertiary/aromatic N) is 2. The number of benzene rings is 2. The van der Waals surface area contributed by atoms with Gasteiger partial charge in [-0.25, -0.2) is 0 Å². The summed E-state index contributed by atoms with van der Waals surface area (Å²) in [7, 11) is 0. The minimum Gasteiger partial charge on any atom is -0.325 e. The van der Waals surface area contributed by atoms with Crippen molar-refractivity contribution in [3.8, 4) is 0 Å². The molecule has 3 aromatic rings. The molecule has 0 spiro atoms. The monoisotopic (exact) mass is 524 g/mol. The summed E-state index contributed by atoms with van der Waals surface area (Å²) < 4.78 is 81.1. The van der Waals surface area contributed by atoms with E-state index in [0.717, 1.165) is 24.3 Å². The fourth-order valence-corrected chi connectivity index (χ4v) is 4.41. The zero-order valence-electron chi connectivity index (χ0n) is 20.3. The number of alkyl halides is 6. The third-order valence-electron chi connectivity index (χ3n) is 6.30. The van der Waals surface area contributed by atoms with E-state index in [1.807, 2.05) is 20.8 Å². The van der Waals surface area contributed by atoms with Crippen LogP contribution in [0.1, 0.15) is 61.5 Å². The molecule has 0 aliphatic carbocycles. The number of rotatable bonds is 4. The Balaban J connectivity index is 1.64. The van der Waals surface area contributed by atoms with Gasteiger partial charge in [0.1, 0.15) is 0 Å². The van der Waals surface area contributed by atoms with Crippen LogP contribution in [0.4, 0.5) is 32.0 Å². The van der Waals surface area contributed by atoms with E-state index >= 15 is 0 Å². The topological polar surface area (TPSA) is 59.0 Å². The summed E-state index contributed by atoms with van der Waals surface area (Å²) in [5.41, 5.74) is -1.16. The first kappa shape index (κ1) is 26.7. The van der Waals surface area contributed by atoms with Gasteiger partial charge in [-0.05, 0) is 69.2 Å². The molecule has 1 fully saturated rings. The Morgan fingerprint density at radius 1 is 0.946 bits per heavy atom. The van der Waals surface area contributed by atoms with Gasteiger partial charge in [0.25, 0.3) is 0 Å². The molecule has 5 nitrogen and oxygen atoms in total. The summed E-state index contributed by atoms with van der Waals surface area (Å²) >= 11 is 0. The van der Waals surface area contributed by atoms with Crippen molar-refractivity contribution < 1.29 is 31.1 Å². The van der Waals surface area contributed by atoms with Crippen LogP contribution in [0.25, 0.3) is 0 Å². The second kappa shape index (κ2) is 9.51. The Hall–Kier alpha value is -3.34. The van der Waals surface area contributed by atoms with Crippen molar-refractivity contribution >= 4 is 11.6 Å². The van der Waals surface area contributed by atoms with E-state index in [4.69, 9.17) is 0 Å². The van der Waals surface area contributed by atoms with E-state index in [1.54, 1.807) is 23.0 Å². The number of amides is 1. The number of halogens is 6. The van der Waals surface area contributed by atoms with Crippen LogP contribution >= 0.6 is 0 Å². The van der Waals surface area contributed by atoms with E-state index in [2.05, 4.69) is 15.7 Å². The molecular weight excluding hydrogens is 498 g/mol. The maximum Gasteiger partial charge on any atom is 0.416 e. The normalized spacial score (nSPS) is 20.7. The predicted octanol–water partition coefficient (Wildman–Crippen LogP) is 6.50. The Kier molecular flexibility index (Phi) is 6.87. The Morgan fingerprint density at radius 3 is 2.16 bits per heavy atom. The van der Waals surface area contributed by atoms with Crippen LogP contribution in [0.3, 0.4) is 0 Å². The van der Waals surface area contributed by atoms with Crippen molar-refractivity contribution in [1.82, 2.24) is 15.1 Å². The predicted molar refractivity (Wildman–Crippen MR) is 126 cm³/mol. The van der Waals surface area contributed by atoms with Gasteiger partial charge in [0.15, 0.2) is 0 Å². The van der Waals surface area contributed by atoms with Crippen molar-refractivity contribution in [2.45, 2.75) is 63.1 Å². The quantitative estimate of drug-likeness (QED) is 0.383. The molecule has 4 rings (SSSR count). The largest absolute Gasteiger partial charge is 0.416 e. The molecule has 1 amide bonds. The average molecular weight is 525 g/mol. The molecule has 2 aromatic carbocycles. The van der Waals surface area contributed by atoms with Crippen LogP contribution in [-0.4, -0.2) is 21.7 Å². The molecule has 1 aromatic heterocycles. The van der Waals surface area contributed by atoms with E-state index in [0.29, 0.717) is 11.3 Å². The van der Waals surface area contributed by atoms with Crippen LogP contribution in [0, 0.1) is 0 Å². The first-order valence-electron chi connectivity index (χ1n) is 11.6. The molecule has 0 radical (unpaired) electrons. The van der Waals surface area contributed by atoms with Gasteiger partial charge in [0.2, 0.25) is 5.91 Å². The molecule has 0 bridgehead atoms. The van der Waals surface area contributed by atoms with E-state index < -0.39 is 47.4 Å². The standard InChI is InChI=1S/C26H26F6N4O/c1-24(2,3)36-11-10-20(35-36)19-14-21(23(37)33-18-9-5-8-17(13-18)26(30,31)32)34-22(19)15-6-4-7-16(12-15)25(27,28)29/h4-13,19,21-22,34H,14H2,1-3H3,(H,33,37)/t19-,21+,22+/m1/s1. The highest BCUT2D eigenvalue weighted by molar-refractivity contribution is 5.95. The summed E-state index contributed by atoms with van der Waals surface area (Å²) in [6, 6.07) is 9.34. The maximum atomic E-state index is 13.4. The Bertz CT molecular complexity index is 1270. The molecule has 3 atom stereocenters. The van der Waals surface area contributed by atoms with Crippen molar-refractivity contribution in [3.05, 3.63) is 83.2 Å². The molecule has 2 N–H and O–H groups in total. The fourth-order valence-electron chi connectivity index (χ4n) is 4.41. The van der Waals surface area contributed by atoms with Crippen LogP contribution < -0.4 is 10.6 Å². The summed E-state index contributed by atoms with van der Waals surface area (Å²) in [6.45, 7) is 5.85. The lowest BCUT2D eigenvalue weighted by Gasteiger charge is -2.21. The number of carbonyl (C=O) groups is 1. The first-order chi connectivity index (χ1) is 17.1. The van der Waals surface area contributed by atoms with Gasteiger partial charge in [-0.15, -0.1) is 0 Å². The summed E-state index contributed by atoms with van der Waals surface area (Å²) in [5.74, 6) is -1.04. The Morgan fingerprint density at radius 2 is 1.57 bits per heavy atom. The number of nitrogens with one attached hydrogen (secondary N) is 2. The van der Waals surface area contributed by atoms with Crippen LogP contribution in [0.15, 0.2) is 60.8 Å². The lowest BCUT2D eigenvalue weighted by Crippen LogP contribution is -2.36. The zero-order valence-corrected chi connectivity index (χ0v) is 20.3. The van der Waals surface area contributed by atoms with Gasteiger partial charge in [-0.2, -0.15) is 31.4 Å². The minimum absolute atomic E-state index is 0.0299. The van der Waals surface area contributed by atoms with E-state index in [9.17, 15) is 31.1 Å². The number of hydrogen-bond donors (Lipinski definition) is 2. The number of carbonyl (C=O) groups excluding carboxylic acids is 1. The third-order valence-corrected chi connectivity index (χ3v) is 6.30. The SMILES string of the molecule is CC(C)(C)n1ccc([C@H]2C[C@@H](C(=O)Nc3cccc(C(F)(F)F)c3)N[C@H]2c2cccc(C(F)(F)F)c2)n1. The smallest absolute Gasteiger partial charge is 0.325 e.